The van der Waals surface area contributed by atoms with Gasteiger partial charge >= 0.3 is 11.9 Å². The Labute approximate surface area is 94.0 Å². The Bertz CT molecular complexity index is 238. The molecule has 0 aromatic rings. The lowest BCUT2D eigenvalue weighted by atomic mass is 10.4. The maximum atomic E-state index is 10.9. The molecule has 0 atom stereocenters. The van der Waals surface area contributed by atoms with Gasteiger partial charge in [-0.15, -0.1) is 11.8 Å². The van der Waals surface area contributed by atoms with Crippen LogP contribution in [-0.4, -0.2) is 36.7 Å². The molecule has 0 saturated carbocycles. The zero-order valence-electron chi connectivity index (χ0n) is 9.08. The van der Waals surface area contributed by atoms with E-state index in [1.165, 1.54) is 11.8 Å². The van der Waals surface area contributed by atoms with Crippen molar-refractivity contribution < 1.29 is 19.1 Å². The molecule has 4 nitrogen and oxygen atoms in total. The summed E-state index contributed by atoms with van der Waals surface area (Å²) >= 11 is 1.37. The molecule has 0 aliphatic carbocycles. The van der Waals surface area contributed by atoms with Gasteiger partial charge < -0.3 is 9.47 Å². The standard InChI is InChI=1S/C10H16O4S/c1-4-13-9(11)7-15-6-5-14-10(12)8(2)3/h2,4-7H2,1,3H3. The first-order valence-corrected chi connectivity index (χ1v) is 5.79. The summed E-state index contributed by atoms with van der Waals surface area (Å²) in [7, 11) is 0. The number of rotatable bonds is 7. The molecule has 5 heteroatoms. The van der Waals surface area contributed by atoms with Crippen molar-refractivity contribution in [3.63, 3.8) is 0 Å². The molecule has 0 bridgehead atoms. The van der Waals surface area contributed by atoms with Gasteiger partial charge in [0.25, 0.3) is 0 Å². The molecule has 0 aliphatic rings. The highest BCUT2D eigenvalue weighted by Gasteiger charge is 2.04. The lowest BCUT2D eigenvalue weighted by molar-refractivity contribution is -0.140. The molecule has 0 aromatic carbocycles. The molecular formula is C10H16O4S. The number of ether oxygens (including phenoxy) is 2. The van der Waals surface area contributed by atoms with E-state index in [1.807, 2.05) is 0 Å². The number of carbonyl (C=O) groups excluding carboxylic acids is 2. The zero-order valence-corrected chi connectivity index (χ0v) is 9.89. The molecule has 0 radical (unpaired) electrons. The minimum absolute atomic E-state index is 0.242. The van der Waals surface area contributed by atoms with E-state index in [9.17, 15) is 9.59 Å². The fourth-order valence-corrected chi connectivity index (χ4v) is 1.27. The minimum atomic E-state index is -0.397. The topological polar surface area (TPSA) is 52.6 Å². The maximum Gasteiger partial charge on any atom is 0.333 e. The fourth-order valence-electron chi connectivity index (χ4n) is 0.675. The third-order valence-corrected chi connectivity index (χ3v) is 2.23. The average Bonchev–Trinajstić information content (AvgIpc) is 2.17. The molecule has 0 saturated heterocycles. The van der Waals surface area contributed by atoms with Gasteiger partial charge in [-0.25, -0.2) is 4.79 Å². The number of esters is 2. The lowest BCUT2D eigenvalue weighted by Crippen LogP contribution is -2.10. The molecule has 0 fully saturated rings. The van der Waals surface area contributed by atoms with Gasteiger partial charge in [0.1, 0.15) is 6.61 Å². The predicted molar refractivity (Wildman–Crippen MR) is 59.7 cm³/mol. The van der Waals surface area contributed by atoms with Gasteiger partial charge in [-0.1, -0.05) is 6.58 Å². The van der Waals surface area contributed by atoms with Crippen LogP contribution in [-0.2, 0) is 19.1 Å². The van der Waals surface area contributed by atoms with E-state index in [1.54, 1.807) is 13.8 Å². The van der Waals surface area contributed by atoms with Gasteiger partial charge in [-0.2, -0.15) is 0 Å². The van der Waals surface area contributed by atoms with Crippen LogP contribution in [0.25, 0.3) is 0 Å². The van der Waals surface area contributed by atoms with E-state index < -0.39 is 5.97 Å². The lowest BCUT2D eigenvalue weighted by Gasteiger charge is -2.04. The monoisotopic (exact) mass is 232 g/mol. The molecule has 0 aliphatic heterocycles. The first-order valence-electron chi connectivity index (χ1n) is 4.64. The average molecular weight is 232 g/mol. The van der Waals surface area contributed by atoms with Crippen molar-refractivity contribution in [2.24, 2.45) is 0 Å². The predicted octanol–water partition coefficient (Wildman–Crippen LogP) is 1.40. The second-order valence-corrected chi connectivity index (χ2v) is 3.88. The Hall–Kier alpha value is -0.970. The van der Waals surface area contributed by atoms with Crippen molar-refractivity contribution in [1.82, 2.24) is 0 Å². The molecule has 0 N–H and O–H groups in total. The van der Waals surface area contributed by atoms with Crippen LogP contribution in [0.15, 0.2) is 12.2 Å². The first kappa shape index (κ1) is 14.0. The largest absolute Gasteiger partial charge is 0.465 e. The van der Waals surface area contributed by atoms with Crippen molar-refractivity contribution >= 4 is 23.7 Å². The van der Waals surface area contributed by atoms with Crippen LogP contribution in [0.3, 0.4) is 0 Å². The summed E-state index contributed by atoms with van der Waals surface area (Å²) in [5, 5.41) is 0. The van der Waals surface area contributed by atoms with Crippen molar-refractivity contribution in [2.45, 2.75) is 13.8 Å². The molecule has 0 rings (SSSR count). The van der Waals surface area contributed by atoms with Crippen LogP contribution in [0.2, 0.25) is 0 Å². The zero-order chi connectivity index (χ0) is 11.7. The highest BCUT2D eigenvalue weighted by atomic mass is 32.2. The Kier molecular flexibility index (Phi) is 7.81. The van der Waals surface area contributed by atoms with E-state index in [0.717, 1.165) is 0 Å². The molecule has 0 aromatic heterocycles. The van der Waals surface area contributed by atoms with E-state index in [4.69, 9.17) is 9.47 Å². The van der Waals surface area contributed by atoms with E-state index >= 15 is 0 Å². The quantitative estimate of drug-likeness (QED) is 0.377. The Balaban J connectivity index is 3.36. The summed E-state index contributed by atoms with van der Waals surface area (Å²) in [4.78, 5) is 21.8. The third kappa shape index (κ3) is 8.05. The van der Waals surface area contributed by atoms with Gasteiger partial charge in [-0.05, 0) is 13.8 Å². The normalized spacial score (nSPS) is 9.47. The van der Waals surface area contributed by atoms with Crippen LogP contribution >= 0.6 is 11.8 Å². The van der Waals surface area contributed by atoms with Crippen molar-refractivity contribution in [3.05, 3.63) is 12.2 Å². The van der Waals surface area contributed by atoms with Crippen LogP contribution in [0.5, 0.6) is 0 Å². The highest BCUT2D eigenvalue weighted by Crippen LogP contribution is 2.01. The van der Waals surface area contributed by atoms with Crippen LogP contribution in [0.4, 0.5) is 0 Å². The number of hydrogen-bond donors (Lipinski definition) is 0. The highest BCUT2D eigenvalue weighted by molar-refractivity contribution is 7.99. The molecule has 0 unspecified atom stereocenters. The summed E-state index contributed by atoms with van der Waals surface area (Å²) in [6, 6.07) is 0. The molecule has 0 heterocycles. The summed E-state index contributed by atoms with van der Waals surface area (Å²) in [6.07, 6.45) is 0. The van der Waals surface area contributed by atoms with Gasteiger partial charge in [0, 0.05) is 11.3 Å². The summed E-state index contributed by atoms with van der Waals surface area (Å²) < 4.78 is 9.56. The number of hydrogen-bond acceptors (Lipinski definition) is 5. The SMILES string of the molecule is C=C(C)C(=O)OCCSCC(=O)OCC. The van der Waals surface area contributed by atoms with Gasteiger partial charge in [0.05, 0.1) is 12.4 Å². The Morgan fingerprint density at radius 1 is 1.33 bits per heavy atom. The van der Waals surface area contributed by atoms with E-state index in [-0.39, 0.29) is 12.6 Å². The first-order chi connectivity index (χ1) is 7.07. The Morgan fingerprint density at radius 2 is 2.00 bits per heavy atom. The van der Waals surface area contributed by atoms with Crippen molar-refractivity contribution in [1.29, 1.82) is 0 Å². The number of thioether (sulfide) groups is 1. The summed E-state index contributed by atoms with van der Waals surface area (Å²) in [6.45, 7) is 7.48. The molecule has 0 amide bonds. The smallest absolute Gasteiger partial charge is 0.333 e. The minimum Gasteiger partial charge on any atom is -0.465 e. The molecule has 15 heavy (non-hydrogen) atoms. The van der Waals surface area contributed by atoms with Crippen molar-refractivity contribution in [2.75, 3.05) is 24.7 Å². The molecule has 0 spiro atoms. The number of carbonyl (C=O) groups is 2. The van der Waals surface area contributed by atoms with Crippen LogP contribution in [0.1, 0.15) is 13.8 Å². The van der Waals surface area contributed by atoms with Gasteiger partial charge in [0.2, 0.25) is 0 Å². The van der Waals surface area contributed by atoms with E-state index in [0.29, 0.717) is 23.7 Å². The Morgan fingerprint density at radius 3 is 2.53 bits per heavy atom. The second-order valence-electron chi connectivity index (χ2n) is 2.77. The molecular weight excluding hydrogens is 216 g/mol. The van der Waals surface area contributed by atoms with Gasteiger partial charge in [-0.3, -0.25) is 4.79 Å². The van der Waals surface area contributed by atoms with Crippen molar-refractivity contribution in [3.8, 4) is 0 Å². The van der Waals surface area contributed by atoms with E-state index in [2.05, 4.69) is 6.58 Å². The third-order valence-electron chi connectivity index (χ3n) is 1.33. The van der Waals surface area contributed by atoms with Crippen LogP contribution < -0.4 is 0 Å². The van der Waals surface area contributed by atoms with Crippen LogP contribution in [0, 0.1) is 0 Å². The van der Waals surface area contributed by atoms with Gasteiger partial charge in [0.15, 0.2) is 0 Å². The molecule has 86 valence electrons. The summed E-state index contributed by atoms with van der Waals surface area (Å²) in [5.74, 6) is 0.233. The second kappa shape index (κ2) is 8.35. The maximum absolute atomic E-state index is 10.9. The fraction of sp³-hybridized carbons (Fsp3) is 0.600. The summed E-state index contributed by atoms with van der Waals surface area (Å²) in [5.41, 5.74) is 0.380.